The summed E-state index contributed by atoms with van der Waals surface area (Å²) in [7, 11) is -1.98. The van der Waals surface area contributed by atoms with Crippen molar-refractivity contribution in [1.29, 1.82) is 0 Å². The molecule has 0 heterocycles. The molecule has 1 aromatic carbocycles. The fourth-order valence-corrected chi connectivity index (χ4v) is 1.14. The van der Waals surface area contributed by atoms with Gasteiger partial charge in [0, 0.05) is 18.2 Å². The first-order chi connectivity index (χ1) is 7.26. The maximum atomic E-state index is 13.1. The number of hydrogen-bond acceptors (Lipinski definition) is 4. The summed E-state index contributed by atoms with van der Waals surface area (Å²) in [6.07, 6.45) is 0. The van der Waals surface area contributed by atoms with Gasteiger partial charge in [0.05, 0.1) is 0 Å². The van der Waals surface area contributed by atoms with Gasteiger partial charge in [-0.1, -0.05) is 0 Å². The highest BCUT2D eigenvalue weighted by molar-refractivity contribution is 6.33. The Bertz CT molecular complexity index is 362. The largest absolute Gasteiger partial charge is 0.707 e. The minimum absolute atomic E-state index is 0.00532. The van der Waals surface area contributed by atoms with Gasteiger partial charge in [-0.15, -0.1) is 0 Å². The fourth-order valence-electron chi connectivity index (χ4n) is 1.14. The lowest BCUT2D eigenvalue weighted by atomic mass is 10.2. The molecule has 0 unspecified atom stereocenters. The van der Waals surface area contributed by atoms with Crippen LogP contribution in [0, 0.1) is 5.82 Å². The predicted octanol–water partition coefficient (Wildman–Crippen LogP) is 1.35. The van der Waals surface area contributed by atoms with Crippen LogP contribution in [-0.4, -0.2) is 23.0 Å². The van der Waals surface area contributed by atoms with Crippen molar-refractivity contribution in [2.24, 2.45) is 0 Å². The molecule has 0 spiro atoms. The lowest BCUT2D eigenvalue weighted by Crippen LogP contribution is -2.23. The van der Waals surface area contributed by atoms with Gasteiger partial charge in [-0.05, 0) is 20.8 Å². The normalized spacial score (nSPS) is 11.1. The zero-order valence-corrected chi connectivity index (χ0v) is 9.40. The Morgan fingerprint density at radius 3 is 2.19 bits per heavy atom. The Kier molecular flexibility index (Phi) is 3.77. The average molecular weight is 228 g/mol. The van der Waals surface area contributed by atoms with E-state index in [1.165, 1.54) is 12.1 Å². The summed E-state index contributed by atoms with van der Waals surface area (Å²) in [4.78, 5) is 0. The summed E-state index contributed by atoms with van der Waals surface area (Å²) in [5.74, 6) is -0.310. The summed E-state index contributed by atoms with van der Waals surface area (Å²) in [5.41, 5.74) is -0.469. The van der Waals surface area contributed by atoms with Crippen LogP contribution in [-0.2, 0) is 0 Å². The van der Waals surface area contributed by atoms with Crippen molar-refractivity contribution < 1.29 is 23.8 Å². The highest BCUT2D eigenvalue weighted by Crippen LogP contribution is 2.25. The molecule has 0 aliphatic heterocycles. The zero-order valence-electron chi connectivity index (χ0n) is 9.40. The summed E-state index contributed by atoms with van der Waals surface area (Å²) >= 11 is 0. The maximum absolute atomic E-state index is 13.1. The third kappa shape index (κ3) is 4.50. The molecular formula is C10H14BFO4. The van der Waals surface area contributed by atoms with Gasteiger partial charge in [-0.25, -0.2) is 4.39 Å². The predicted molar refractivity (Wildman–Crippen MR) is 57.6 cm³/mol. The molecule has 0 amide bonds. The van der Waals surface area contributed by atoms with Gasteiger partial charge >= 0.3 is 7.32 Å². The molecule has 0 aliphatic carbocycles. The van der Waals surface area contributed by atoms with Crippen molar-refractivity contribution in [2.75, 3.05) is 0 Å². The van der Waals surface area contributed by atoms with Crippen molar-refractivity contribution in [2.45, 2.75) is 26.4 Å². The van der Waals surface area contributed by atoms with E-state index < -0.39 is 18.7 Å². The van der Waals surface area contributed by atoms with E-state index in [4.69, 9.17) is 14.8 Å². The van der Waals surface area contributed by atoms with Crippen LogP contribution in [0.25, 0.3) is 0 Å². The monoisotopic (exact) mass is 228 g/mol. The van der Waals surface area contributed by atoms with E-state index in [2.05, 4.69) is 4.65 Å². The Labute approximate surface area is 93.8 Å². The van der Waals surface area contributed by atoms with E-state index in [1.54, 1.807) is 0 Å². The molecule has 0 radical (unpaired) electrons. The van der Waals surface area contributed by atoms with Gasteiger partial charge in [-0.3, -0.25) is 0 Å². The average Bonchev–Trinajstić information content (AvgIpc) is 1.96. The van der Waals surface area contributed by atoms with Crippen LogP contribution >= 0.6 is 0 Å². The molecule has 0 saturated heterocycles. The number of halogens is 1. The molecule has 88 valence electrons. The van der Waals surface area contributed by atoms with E-state index in [9.17, 15) is 4.39 Å². The van der Waals surface area contributed by atoms with Crippen LogP contribution < -0.4 is 9.39 Å². The Hall–Kier alpha value is -1.27. The first-order valence-electron chi connectivity index (χ1n) is 4.79. The standard InChI is InChI=1S/C10H14BFO4/c1-10(2,3)15-8-4-7(12)5-9(6-8)16-11(13)14/h4-6,13-14H,1-3H3. The zero-order chi connectivity index (χ0) is 12.3. The summed E-state index contributed by atoms with van der Waals surface area (Å²) in [5, 5.41) is 17.2. The summed E-state index contributed by atoms with van der Waals surface area (Å²) < 4.78 is 23.1. The SMILES string of the molecule is CC(C)(C)Oc1cc(F)cc(OB(O)O)c1. The highest BCUT2D eigenvalue weighted by Gasteiger charge is 2.16. The van der Waals surface area contributed by atoms with Crippen LogP contribution in [0.5, 0.6) is 11.5 Å². The second-order valence-electron chi connectivity index (χ2n) is 4.28. The van der Waals surface area contributed by atoms with Gasteiger partial charge in [0.2, 0.25) is 0 Å². The maximum Gasteiger partial charge on any atom is 0.707 e. The molecule has 6 heteroatoms. The molecule has 0 fully saturated rings. The number of rotatable bonds is 3. The Morgan fingerprint density at radius 1 is 1.12 bits per heavy atom. The first-order valence-corrected chi connectivity index (χ1v) is 4.79. The topological polar surface area (TPSA) is 58.9 Å². The summed E-state index contributed by atoms with van der Waals surface area (Å²) in [6, 6.07) is 3.62. The van der Waals surface area contributed by atoms with Crippen LogP contribution in [0.3, 0.4) is 0 Å². The van der Waals surface area contributed by atoms with Crippen LogP contribution in [0.1, 0.15) is 20.8 Å². The molecule has 4 nitrogen and oxygen atoms in total. The molecule has 0 bridgehead atoms. The van der Waals surface area contributed by atoms with Crippen LogP contribution in [0.2, 0.25) is 0 Å². The van der Waals surface area contributed by atoms with E-state index in [0.29, 0.717) is 0 Å². The van der Waals surface area contributed by atoms with E-state index in [1.807, 2.05) is 20.8 Å². The number of ether oxygens (including phenoxy) is 1. The molecule has 1 rings (SSSR count). The highest BCUT2D eigenvalue weighted by atomic mass is 19.1. The minimum Gasteiger partial charge on any atom is -0.512 e. The van der Waals surface area contributed by atoms with Crippen LogP contribution in [0.4, 0.5) is 4.39 Å². The number of hydrogen-bond donors (Lipinski definition) is 2. The van der Waals surface area contributed by atoms with Gasteiger partial charge in [0.15, 0.2) is 0 Å². The molecule has 16 heavy (non-hydrogen) atoms. The van der Waals surface area contributed by atoms with E-state index in [0.717, 1.165) is 6.07 Å². The van der Waals surface area contributed by atoms with Crippen molar-refractivity contribution in [3.8, 4) is 11.5 Å². The molecule has 0 aromatic heterocycles. The smallest absolute Gasteiger partial charge is 0.512 e. The van der Waals surface area contributed by atoms with Crippen molar-refractivity contribution in [3.63, 3.8) is 0 Å². The van der Waals surface area contributed by atoms with E-state index in [-0.39, 0.29) is 11.5 Å². The van der Waals surface area contributed by atoms with Gasteiger partial charge < -0.3 is 19.4 Å². The van der Waals surface area contributed by atoms with Crippen LogP contribution in [0.15, 0.2) is 18.2 Å². The molecule has 0 saturated carbocycles. The Morgan fingerprint density at radius 2 is 1.69 bits per heavy atom. The second kappa shape index (κ2) is 4.72. The molecule has 0 aliphatic rings. The molecule has 1 aromatic rings. The molecule has 2 N–H and O–H groups in total. The lowest BCUT2D eigenvalue weighted by molar-refractivity contribution is 0.130. The second-order valence-corrected chi connectivity index (χ2v) is 4.28. The van der Waals surface area contributed by atoms with E-state index >= 15 is 0 Å². The third-order valence-corrected chi connectivity index (χ3v) is 1.51. The van der Waals surface area contributed by atoms with Gasteiger partial charge in [-0.2, -0.15) is 0 Å². The van der Waals surface area contributed by atoms with Gasteiger partial charge in [0.25, 0.3) is 0 Å². The lowest BCUT2D eigenvalue weighted by Gasteiger charge is -2.21. The molecule has 0 atom stereocenters. The number of benzene rings is 1. The van der Waals surface area contributed by atoms with Crippen molar-refractivity contribution >= 4 is 7.32 Å². The quantitative estimate of drug-likeness (QED) is 0.766. The first kappa shape index (κ1) is 12.8. The molecular weight excluding hydrogens is 214 g/mol. The van der Waals surface area contributed by atoms with Gasteiger partial charge in [0.1, 0.15) is 22.9 Å². The Balaban J connectivity index is 2.90. The third-order valence-electron chi connectivity index (χ3n) is 1.51. The minimum atomic E-state index is -1.98. The summed E-state index contributed by atoms with van der Waals surface area (Å²) in [6.45, 7) is 5.46. The van der Waals surface area contributed by atoms with Crippen molar-refractivity contribution in [1.82, 2.24) is 0 Å². The van der Waals surface area contributed by atoms with Crippen molar-refractivity contribution in [3.05, 3.63) is 24.0 Å². The fraction of sp³-hybridized carbons (Fsp3) is 0.400.